The number of rotatable bonds is 5. The number of anilines is 1. The molecule has 7 heteroatoms. The Hall–Kier alpha value is -2.21. The summed E-state index contributed by atoms with van der Waals surface area (Å²) in [6, 6.07) is 3.53. The molecule has 148 valence electrons. The van der Waals surface area contributed by atoms with Crippen molar-refractivity contribution in [3.63, 3.8) is 0 Å². The van der Waals surface area contributed by atoms with Crippen LogP contribution in [-0.2, 0) is 0 Å². The summed E-state index contributed by atoms with van der Waals surface area (Å²) in [5.41, 5.74) is 2.28. The van der Waals surface area contributed by atoms with Crippen molar-refractivity contribution in [2.45, 2.75) is 52.5 Å². The summed E-state index contributed by atoms with van der Waals surface area (Å²) in [5, 5.41) is 3.72. The van der Waals surface area contributed by atoms with Crippen molar-refractivity contribution >= 4 is 28.6 Å². The predicted molar refractivity (Wildman–Crippen MR) is 111 cm³/mol. The van der Waals surface area contributed by atoms with E-state index in [4.69, 9.17) is 11.6 Å². The molecule has 1 aliphatic carbocycles. The highest BCUT2D eigenvalue weighted by Crippen LogP contribution is 2.32. The Balaban J connectivity index is 1.72. The number of nitrogens with zero attached hydrogens (tertiary/aromatic N) is 4. The van der Waals surface area contributed by atoms with E-state index in [2.05, 4.69) is 34.1 Å². The summed E-state index contributed by atoms with van der Waals surface area (Å²) in [4.78, 5) is 13.3. The maximum atomic E-state index is 14.8. The Kier molecular flexibility index (Phi) is 5.23. The molecule has 2 heterocycles. The summed E-state index contributed by atoms with van der Waals surface area (Å²) in [6.45, 7) is 6.86. The second-order valence-corrected chi connectivity index (χ2v) is 8.28. The maximum Gasteiger partial charge on any atom is 0.223 e. The smallest absolute Gasteiger partial charge is 0.223 e. The van der Waals surface area contributed by atoms with E-state index in [1.807, 2.05) is 17.6 Å². The molecule has 4 rings (SSSR count). The van der Waals surface area contributed by atoms with Crippen LogP contribution < -0.4 is 5.32 Å². The largest absolute Gasteiger partial charge is 0.354 e. The number of aromatic nitrogens is 4. The summed E-state index contributed by atoms with van der Waals surface area (Å²) in [5.74, 6) is 1.61. The van der Waals surface area contributed by atoms with E-state index in [0.29, 0.717) is 33.7 Å². The van der Waals surface area contributed by atoms with Crippen molar-refractivity contribution in [1.82, 2.24) is 19.5 Å². The molecule has 0 atom stereocenters. The molecule has 3 aromatic rings. The van der Waals surface area contributed by atoms with Crippen molar-refractivity contribution in [2.24, 2.45) is 5.92 Å². The van der Waals surface area contributed by atoms with Gasteiger partial charge in [0.05, 0.1) is 22.4 Å². The van der Waals surface area contributed by atoms with Crippen LogP contribution in [0.2, 0.25) is 5.02 Å². The SMILES string of the molecule is Cc1nc2c(F)cc(-c3nc(NCC4CCCC4)ncc3Cl)cc2n1C(C)C. The third kappa shape index (κ3) is 3.58. The molecular weight excluding hydrogens is 377 g/mol. The first-order valence-corrected chi connectivity index (χ1v) is 10.3. The fraction of sp³-hybridized carbons (Fsp3) is 0.476. The van der Waals surface area contributed by atoms with Gasteiger partial charge in [0.2, 0.25) is 5.95 Å². The number of aryl methyl sites for hydroxylation is 1. The zero-order chi connectivity index (χ0) is 19.8. The third-order valence-electron chi connectivity index (χ3n) is 5.48. The standard InChI is InChI=1S/C21H25ClFN5/c1-12(2)28-13(3)26-20-17(23)8-15(9-18(20)28)19-16(22)11-25-21(27-19)24-10-14-6-4-5-7-14/h8-9,11-12,14H,4-7,10H2,1-3H3,(H,24,25,27). The molecule has 0 spiro atoms. The Morgan fingerprint density at radius 2 is 2.00 bits per heavy atom. The molecule has 1 saturated carbocycles. The van der Waals surface area contributed by atoms with Crippen LogP contribution in [0.1, 0.15) is 51.4 Å². The Labute approximate surface area is 169 Å². The number of benzene rings is 1. The maximum absolute atomic E-state index is 14.8. The molecule has 0 amide bonds. The van der Waals surface area contributed by atoms with Crippen molar-refractivity contribution < 1.29 is 4.39 Å². The van der Waals surface area contributed by atoms with Crippen molar-refractivity contribution in [3.8, 4) is 11.3 Å². The van der Waals surface area contributed by atoms with Crippen LogP contribution in [0.15, 0.2) is 18.3 Å². The van der Waals surface area contributed by atoms with Gasteiger partial charge in [0.25, 0.3) is 0 Å². The highest BCUT2D eigenvalue weighted by molar-refractivity contribution is 6.33. The van der Waals surface area contributed by atoms with Gasteiger partial charge in [-0.1, -0.05) is 24.4 Å². The van der Waals surface area contributed by atoms with Gasteiger partial charge in [0.1, 0.15) is 11.3 Å². The molecule has 5 nitrogen and oxygen atoms in total. The average Bonchev–Trinajstić information content (AvgIpc) is 3.28. The van der Waals surface area contributed by atoms with Crippen molar-refractivity contribution in [1.29, 1.82) is 0 Å². The van der Waals surface area contributed by atoms with E-state index >= 15 is 0 Å². The lowest BCUT2D eigenvalue weighted by Crippen LogP contribution is -2.13. The molecule has 1 N–H and O–H groups in total. The van der Waals surface area contributed by atoms with E-state index in [1.165, 1.54) is 31.7 Å². The van der Waals surface area contributed by atoms with E-state index in [1.54, 1.807) is 6.20 Å². The summed E-state index contributed by atoms with van der Waals surface area (Å²) in [6.07, 6.45) is 6.65. The fourth-order valence-electron chi connectivity index (χ4n) is 4.16. The summed E-state index contributed by atoms with van der Waals surface area (Å²) < 4.78 is 16.8. The lowest BCUT2D eigenvalue weighted by molar-refractivity contribution is 0.578. The minimum absolute atomic E-state index is 0.171. The van der Waals surface area contributed by atoms with E-state index < -0.39 is 0 Å². The number of halogens is 2. The van der Waals surface area contributed by atoms with Gasteiger partial charge in [0.15, 0.2) is 5.82 Å². The summed E-state index contributed by atoms with van der Waals surface area (Å²) in [7, 11) is 0. The molecule has 0 aliphatic heterocycles. The second kappa shape index (κ2) is 7.66. The van der Waals surface area contributed by atoms with Gasteiger partial charge in [-0.3, -0.25) is 0 Å². The number of hydrogen-bond donors (Lipinski definition) is 1. The highest BCUT2D eigenvalue weighted by atomic mass is 35.5. The van der Waals surface area contributed by atoms with Crippen LogP contribution in [0.3, 0.4) is 0 Å². The molecule has 0 saturated heterocycles. The second-order valence-electron chi connectivity index (χ2n) is 7.87. The third-order valence-corrected chi connectivity index (χ3v) is 5.76. The number of hydrogen-bond acceptors (Lipinski definition) is 4. The topological polar surface area (TPSA) is 55.6 Å². The summed E-state index contributed by atoms with van der Waals surface area (Å²) >= 11 is 6.37. The monoisotopic (exact) mass is 401 g/mol. The number of nitrogens with one attached hydrogen (secondary N) is 1. The molecular formula is C21H25ClFN5. The van der Waals surface area contributed by atoms with Crippen LogP contribution in [0.5, 0.6) is 0 Å². The Morgan fingerprint density at radius 1 is 1.25 bits per heavy atom. The Morgan fingerprint density at radius 3 is 2.71 bits per heavy atom. The van der Waals surface area contributed by atoms with Crippen LogP contribution in [0.4, 0.5) is 10.3 Å². The molecule has 2 aromatic heterocycles. The molecule has 0 bridgehead atoms. The van der Waals surface area contributed by atoms with Gasteiger partial charge in [-0.2, -0.15) is 0 Å². The highest BCUT2D eigenvalue weighted by Gasteiger charge is 2.19. The predicted octanol–water partition coefficient (Wildman–Crippen LogP) is 5.78. The number of fused-ring (bicyclic) bond motifs is 1. The normalized spacial score (nSPS) is 15.1. The van der Waals surface area contributed by atoms with Crippen molar-refractivity contribution in [3.05, 3.63) is 35.0 Å². The lowest BCUT2D eigenvalue weighted by Gasteiger charge is -2.13. The van der Waals surface area contributed by atoms with E-state index in [-0.39, 0.29) is 11.9 Å². The first kappa shape index (κ1) is 19.1. The van der Waals surface area contributed by atoms with E-state index in [0.717, 1.165) is 17.9 Å². The van der Waals surface area contributed by atoms with Gasteiger partial charge >= 0.3 is 0 Å². The van der Waals surface area contributed by atoms with Crippen LogP contribution in [0.25, 0.3) is 22.3 Å². The van der Waals surface area contributed by atoms with Crippen LogP contribution in [-0.4, -0.2) is 26.1 Å². The van der Waals surface area contributed by atoms with Gasteiger partial charge < -0.3 is 9.88 Å². The minimum Gasteiger partial charge on any atom is -0.354 e. The number of imidazole rings is 1. The van der Waals surface area contributed by atoms with Gasteiger partial charge in [0, 0.05) is 18.2 Å². The van der Waals surface area contributed by atoms with Crippen LogP contribution in [0, 0.1) is 18.7 Å². The minimum atomic E-state index is -0.370. The quantitative estimate of drug-likeness (QED) is 0.589. The first-order valence-electron chi connectivity index (χ1n) is 9.89. The zero-order valence-corrected chi connectivity index (χ0v) is 17.2. The molecule has 1 aliphatic rings. The average molecular weight is 402 g/mol. The Bertz CT molecular complexity index is 1010. The molecule has 1 fully saturated rings. The van der Waals surface area contributed by atoms with Gasteiger partial charge in [-0.15, -0.1) is 0 Å². The van der Waals surface area contributed by atoms with Crippen molar-refractivity contribution in [2.75, 3.05) is 11.9 Å². The van der Waals surface area contributed by atoms with Crippen LogP contribution >= 0.6 is 11.6 Å². The molecule has 28 heavy (non-hydrogen) atoms. The first-order chi connectivity index (χ1) is 13.4. The van der Waals surface area contributed by atoms with Gasteiger partial charge in [-0.05, 0) is 51.7 Å². The fourth-order valence-corrected chi connectivity index (χ4v) is 4.36. The lowest BCUT2D eigenvalue weighted by atomic mass is 10.1. The van der Waals surface area contributed by atoms with E-state index in [9.17, 15) is 4.39 Å². The molecule has 0 radical (unpaired) electrons. The zero-order valence-electron chi connectivity index (χ0n) is 16.5. The van der Waals surface area contributed by atoms with Gasteiger partial charge in [-0.25, -0.2) is 19.3 Å². The molecule has 0 unspecified atom stereocenters. The molecule has 1 aromatic carbocycles.